The van der Waals surface area contributed by atoms with Crippen LogP contribution in [0.3, 0.4) is 0 Å². The van der Waals surface area contributed by atoms with Crippen molar-refractivity contribution in [1.82, 2.24) is 4.72 Å². The maximum atomic E-state index is 11.6. The van der Waals surface area contributed by atoms with Crippen LogP contribution < -0.4 is 4.72 Å². The van der Waals surface area contributed by atoms with E-state index in [9.17, 15) is 13.2 Å². The van der Waals surface area contributed by atoms with E-state index in [1.807, 2.05) is 0 Å². The van der Waals surface area contributed by atoms with E-state index in [2.05, 4.69) is 20.7 Å². The molecule has 0 aromatic heterocycles. The average molecular weight is 308 g/mol. The van der Waals surface area contributed by atoms with Gasteiger partial charge < -0.3 is 5.11 Å². The zero-order valence-electron chi connectivity index (χ0n) is 8.18. The van der Waals surface area contributed by atoms with E-state index in [0.717, 1.165) is 4.47 Å². The zero-order chi connectivity index (χ0) is 12.2. The molecule has 0 atom stereocenters. The quantitative estimate of drug-likeness (QED) is 0.856. The molecule has 0 bridgehead atoms. The molecule has 0 saturated heterocycles. The van der Waals surface area contributed by atoms with E-state index in [4.69, 9.17) is 5.11 Å². The predicted molar refractivity (Wildman–Crippen MR) is 61.6 cm³/mol. The summed E-state index contributed by atoms with van der Waals surface area (Å²) in [6.45, 7) is -0.117. The molecule has 0 amide bonds. The third kappa shape index (κ3) is 3.92. The summed E-state index contributed by atoms with van der Waals surface area (Å²) in [5.41, 5.74) is 0. The molecular weight excluding hydrogens is 298 g/mol. The lowest BCUT2D eigenvalue weighted by molar-refractivity contribution is -0.136. The summed E-state index contributed by atoms with van der Waals surface area (Å²) in [5.74, 6) is -1.04. The zero-order valence-corrected chi connectivity index (χ0v) is 10.6. The van der Waals surface area contributed by atoms with Crippen molar-refractivity contribution in [3.8, 4) is 0 Å². The van der Waals surface area contributed by atoms with Gasteiger partial charge in [0, 0.05) is 11.0 Å². The number of carbonyl (C=O) groups is 1. The number of rotatable bonds is 5. The topological polar surface area (TPSA) is 83.5 Å². The average Bonchev–Trinajstić information content (AvgIpc) is 2.17. The monoisotopic (exact) mass is 307 g/mol. The van der Waals surface area contributed by atoms with Crippen LogP contribution in [0.25, 0.3) is 0 Å². The molecule has 0 aliphatic heterocycles. The van der Waals surface area contributed by atoms with Crippen LogP contribution in [-0.2, 0) is 14.8 Å². The molecule has 2 N–H and O–H groups in total. The van der Waals surface area contributed by atoms with E-state index < -0.39 is 16.0 Å². The second-order valence-electron chi connectivity index (χ2n) is 3.00. The largest absolute Gasteiger partial charge is 0.481 e. The van der Waals surface area contributed by atoms with Crippen LogP contribution in [0.5, 0.6) is 0 Å². The molecule has 16 heavy (non-hydrogen) atoms. The van der Waals surface area contributed by atoms with Crippen molar-refractivity contribution in [2.24, 2.45) is 0 Å². The first-order chi connectivity index (χ1) is 7.42. The highest BCUT2D eigenvalue weighted by Gasteiger charge is 2.13. The Morgan fingerprint density at radius 1 is 1.31 bits per heavy atom. The van der Waals surface area contributed by atoms with Gasteiger partial charge in [-0.15, -0.1) is 0 Å². The van der Waals surface area contributed by atoms with Gasteiger partial charge in [0.1, 0.15) is 0 Å². The third-order valence-electron chi connectivity index (χ3n) is 1.75. The summed E-state index contributed by atoms with van der Waals surface area (Å²) < 4.78 is 26.2. The number of carboxylic acid groups (broad SMARTS) is 1. The van der Waals surface area contributed by atoms with Crippen LogP contribution in [-0.4, -0.2) is 26.0 Å². The molecule has 0 aliphatic rings. The summed E-state index contributed by atoms with van der Waals surface area (Å²) in [4.78, 5) is 10.3. The molecule has 0 saturated carbocycles. The fourth-order valence-corrected chi connectivity index (χ4v) is 2.29. The van der Waals surface area contributed by atoms with Gasteiger partial charge >= 0.3 is 5.97 Å². The number of sulfonamides is 1. The molecule has 88 valence electrons. The Bertz CT molecular complexity index is 469. The molecule has 1 rings (SSSR count). The van der Waals surface area contributed by atoms with E-state index >= 15 is 0 Å². The number of halogens is 1. The lowest BCUT2D eigenvalue weighted by Gasteiger charge is -2.05. The molecule has 0 spiro atoms. The normalized spacial score (nSPS) is 11.3. The molecule has 0 radical (unpaired) electrons. The second kappa shape index (κ2) is 5.42. The lowest BCUT2D eigenvalue weighted by Crippen LogP contribution is -2.26. The van der Waals surface area contributed by atoms with Gasteiger partial charge in [0.15, 0.2) is 0 Å². The first kappa shape index (κ1) is 13.1. The van der Waals surface area contributed by atoms with Crippen LogP contribution >= 0.6 is 15.9 Å². The van der Waals surface area contributed by atoms with E-state index in [0.29, 0.717) is 0 Å². The van der Waals surface area contributed by atoms with Gasteiger partial charge in [0.2, 0.25) is 10.0 Å². The number of nitrogens with one attached hydrogen (secondary N) is 1. The Labute approximate surface area is 102 Å². The van der Waals surface area contributed by atoms with Gasteiger partial charge in [-0.25, -0.2) is 13.1 Å². The van der Waals surface area contributed by atoms with Crippen molar-refractivity contribution in [2.75, 3.05) is 6.54 Å². The second-order valence-corrected chi connectivity index (χ2v) is 5.68. The first-order valence-corrected chi connectivity index (χ1v) is 6.66. The fraction of sp³-hybridized carbons (Fsp3) is 0.222. The number of benzene rings is 1. The predicted octanol–water partition coefficient (Wildman–Crippen LogP) is 1.20. The smallest absolute Gasteiger partial charge is 0.304 e. The van der Waals surface area contributed by atoms with Gasteiger partial charge in [-0.3, -0.25) is 4.79 Å². The molecular formula is C9H10BrNO4S. The molecule has 0 heterocycles. The van der Waals surface area contributed by atoms with Crippen molar-refractivity contribution >= 4 is 31.9 Å². The third-order valence-corrected chi connectivity index (χ3v) is 3.76. The summed E-state index contributed by atoms with van der Waals surface area (Å²) >= 11 is 3.19. The number of carboxylic acids is 1. The molecule has 0 unspecified atom stereocenters. The maximum absolute atomic E-state index is 11.6. The van der Waals surface area contributed by atoms with Crippen LogP contribution in [0.4, 0.5) is 0 Å². The molecule has 0 aliphatic carbocycles. The Balaban J connectivity index is 2.71. The Morgan fingerprint density at radius 2 is 1.88 bits per heavy atom. The lowest BCUT2D eigenvalue weighted by atomic mass is 10.4. The Morgan fingerprint density at radius 3 is 2.38 bits per heavy atom. The number of aliphatic carboxylic acids is 1. The van der Waals surface area contributed by atoms with Crippen LogP contribution in [0.2, 0.25) is 0 Å². The SMILES string of the molecule is O=C(O)CCNS(=O)(=O)c1ccc(Br)cc1. The van der Waals surface area contributed by atoms with E-state index in [1.165, 1.54) is 12.1 Å². The minimum Gasteiger partial charge on any atom is -0.481 e. The van der Waals surface area contributed by atoms with Gasteiger partial charge in [0.25, 0.3) is 0 Å². The highest BCUT2D eigenvalue weighted by molar-refractivity contribution is 9.10. The standard InChI is InChI=1S/C9H10BrNO4S/c10-7-1-3-8(4-2-7)16(14,15)11-6-5-9(12)13/h1-4,11H,5-6H2,(H,12,13). The molecule has 1 aromatic carbocycles. The van der Waals surface area contributed by atoms with Crippen molar-refractivity contribution < 1.29 is 18.3 Å². The van der Waals surface area contributed by atoms with Gasteiger partial charge in [0.05, 0.1) is 11.3 Å². The highest BCUT2D eigenvalue weighted by atomic mass is 79.9. The minimum absolute atomic E-state index is 0.112. The van der Waals surface area contributed by atoms with Gasteiger partial charge in [-0.1, -0.05) is 15.9 Å². The summed E-state index contributed by atoms with van der Waals surface area (Å²) in [7, 11) is -3.61. The fourth-order valence-electron chi connectivity index (χ4n) is 0.989. The highest BCUT2D eigenvalue weighted by Crippen LogP contribution is 2.14. The van der Waals surface area contributed by atoms with Crippen LogP contribution in [0.1, 0.15) is 6.42 Å². The Kier molecular flexibility index (Phi) is 4.45. The van der Waals surface area contributed by atoms with Gasteiger partial charge in [-0.2, -0.15) is 0 Å². The van der Waals surface area contributed by atoms with Crippen molar-refractivity contribution in [3.05, 3.63) is 28.7 Å². The Hall–Kier alpha value is -0.920. The van der Waals surface area contributed by atoms with Crippen molar-refractivity contribution in [3.63, 3.8) is 0 Å². The van der Waals surface area contributed by atoms with Crippen LogP contribution in [0.15, 0.2) is 33.6 Å². The maximum Gasteiger partial charge on any atom is 0.304 e. The molecule has 5 nitrogen and oxygen atoms in total. The molecule has 1 aromatic rings. The summed E-state index contributed by atoms with van der Waals surface area (Å²) in [6, 6.07) is 6.08. The van der Waals surface area contributed by atoms with Crippen molar-refractivity contribution in [1.29, 1.82) is 0 Å². The molecule has 0 fully saturated rings. The van der Waals surface area contributed by atoms with Crippen molar-refractivity contribution in [2.45, 2.75) is 11.3 Å². The van der Waals surface area contributed by atoms with E-state index in [-0.39, 0.29) is 17.9 Å². The summed E-state index contributed by atoms with van der Waals surface area (Å²) in [5, 5.41) is 8.38. The van der Waals surface area contributed by atoms with Gasteiger partial charge in [-0.05, 0) is 24.3 Å². The number of hydrogen-bond donors (Lipinski definition) is 2. The van der Waals surface area contributed by atoms with Crippen LogP contribution in [0, 0.1) is 0 Å². The first-order valence-electron chi connectivity index (χ1n) is 4.39. The minimum atomic E-state index is -3.61. The number of hydrogen-bond acceptors (Lipinski definition) is 3. The van der Waals surface area contributed by atoms with E-state index in [1.54, 1.807) is 12.1 Å². The summed E-state index contributed by atoms with van der Waals surface area (Å²) in [6.07, 6.45) is -0.240. The molecule has 7 heteroatoms.